The van der Waals surface area contributed by atoms with Crippen molar-refractivity contribution >= 4 is 5.91 Å². The lowest BCUT2D eigenvalue weighted by Gasteiger charge is -2.31. The van der Waals surface area contributed by atoms with Crippen LogP contribution in [0, 0.1) is 18.8 Å². The molecule has 1 saturated heterocycles. The molecule has 0 aliphatic carbocycles. The Balaban J connectivity index is 2.13. The molecule has 1 aliphatic rings. The van der Waals surface area contributed by atoms with Gasteiger partial charge >= 0.3 is 0 Å². The van der Waals surface area contributed by atoms with E-state index in [0.29, 0.717) is 5.56 Å². The van der Waals surface area contributed by atoms with E-state index in [1.807, 2.05) is 31.0 Å². The van der Waals surface area contributed by atoms with Gasteiger partial charge in [0.05, 0.1) is 0 Å². The molecule has 2 rings (SSSR count). The number of aliphatic hydroxyl groups is 1. The molecule has 1 fully saturated rings. The van der Waals surface area contributed by atoms with E-state index in [1.165, 1.54) is 0 Å². The third-order valence-corrected chi connectivity index (χ3v) is 3.83. The summed E-state index contributed by atoms with van der Waals surface area (Å²) in [5.41, 5.74) is 2.47. The number of carbonyl (C=O) groups excluding carboxylic acids is 1. The van der Waals surface area contributed by atoms with E-state index in [9.17, 15) is 4.79 Å². The average Bonchev–Trinajstić information content (AvgIpc) is 2.53. The number of rotatable bonds is 2. The number of nitrogens with zero attached hydrogens (tertiary/aromatic N) is 1. The minimum atomic E-state index is -0.160. The van der Waals surface area contributed by atoms with Gasteiger partial charge < -0.3 is 14.7 Å². The molecule has 0 radical (unpaired) electrons. The first-order chi connectivity index (χ1) is 10.1. The highest BCUT2D eigenvalue weighted by Gasteiger charge is 2.23. The summed E-state index contributed by atoms with van der Waals surface area (Å²) in [6.45, 7) is 3.20. The lowest BCUT2D eigenvalue weighted by atomic mass is 10.0. The van der Waals surface area contributed by atoms with Gasteiger partial charge in [-0.2, -0.15) is 0 Å². The van der Waals surface area contributed by atoms with Crippen LogP contribution >= 0.6 is 0 Å². The van der Waals surface area contributed by atoms with E-state index in [2.05, 4.69) is 11.8 Å². The van der Waals surface area contributed by atoms with Crippen molar-refractivity contribution in [3.05, 3.63) is 34.9 Å². The van der Waals surface area contributed by atoms with Crippen molar-refractivity contribution in [2.75, 3.05) is 26.9 Å². The van der Waals surface area contributed by atoms with E-state index < -0.39 is 0 Å². The predicted molar refractivity (Wildman–Crippen MR) is 81.1 cm³/mol. The number of hydrogen-bond acceptors (Lipinski definition) is 3. The molecule has 1 amide bonds. The number of carbonyl (C=O) groups is 1. The number of hydrogen-bond donors (Lipinski definition) is 1. The van der Waals surface area contributed by atoms with E-state index in [-0.39, 0.29) is 18.6 Å². The number of ether oxygens (including phenoxy) is 1. The summed E-state index contributed by atoms with van der Waals surface area (Å²) >= 11 is 0. The largest absolute Gasteiger partial charge is 0.384 e. The summed E-state index contributed by atoms with van der Waals surface area (Å²) in [6.07, 6.45) is 1.78. The van der Waals surface area contributed by atoms with Gasteiger partial charge in [0, 0.05) is 37.4 Å². The van der Waals surface area contributed by atoms with Crippen molar-refractivity contribution in [2.45, 2.75) is 25.8 Å². The van der Waals surface area contributed by atoms with Gasteiger partial charge in [-0.3, -0.25) is 4.79 Å². The van der Waals surface area contributed by atoms with Gasteiger partial charge in [-0.15, -0.1) is 0 Å². The summed E-state index contributed by atoms with van der Waals surface area (Å²) in [7, 11) is 1.85. The van der Waals surface area contributed by atoms with Crippen LogP contribution < -0.4 is 0 Å². The molecule has 21 heavy (non-hydrogen) atoms. The topological polar surface area (TPSA) is 49.8 Å². The molecule has 4 nitrogen and oxygen atoms in total. The van der Waals surface area contributed by atoms with Gasteiger partial charge in [-0.25, -0.2) is 0 Å². The second-order valence-corrected chi connectivity index (χ2v) is 5.25. The summed E-state index contributed by atoms with van der Waals surface area (Å²) in [4.78, 5) is 14.3. The van der Waals surface area contributed by atoms with Gasteiger partial charge in [0.1, 0.15) is 6.61 Å². The number of benzene rings is 1. The van der Waals surface area contributed by atoms with Gasteiger partial charge in [-0.1, -0.05) is 11.8 Å². The molecule has 1 aromatic rings. The molecule has 0 saturated carbocycles. The van der Waals surface area contributed by atoms with Gasteiger partial charge in [0.25, 0.3) is 5.91 Å². The Morgan fingerprint density at radius 2 is 2.14 bits per heavy atom. The highest BCUT2D eigenvalue weighted by atomic mass is 16.5. The minimum absolute atomic E-state index is 0.0340. The molecule has 0 bridgehead atoms. The first-order valence-electron chi connectivity index (χ1n) is 7.18. The molecule has 1 aliphatic heterocycles. The molecular weight excluding hydrogens is 266 g/mol. The summed E-state index contributed by atoms with van der Waals surface area (Å²) in [5.74, 6) is 5.54. The third-order valence-electron chi connectivity index (χ3n) is 3.83. The van der Waals surface area contributed by atoms with Crippen molar-refractivity contribution in [1.82, 2.24) is 4.90 Å². The molecule has 1 N–H and O–H groups in total. The highest BCUT2D eigenvalue weighted by Crippen LogP contribution is 2.17. The van der Waals surface area contributed by atoms with Crippen LogP contribution in [-0.4, -0.2) is 48.8 Å². The van der Waals surface area contributed by atoms with E-state index >= 15 is 0 Å². The van der Waals surface area contributed by atoms with Gasteiger partial charge in [0.15, 0.2) is 0 Å². The summed E-state index contributed by atoms with van der Waals surface area (Å²) < 4.78 is 5.33. The fraction of sp³-hybridized carbons (Fsp3) is 0.471. The Morgan fingerprint density at radius 1 is 1.43 bits per heavy atom. The highest BCUT2D eigenvalue weighted by molar-refractivity contribution is 5.94. The maximum Gasteiger partial charge on any atom is 0.253 e. The van der Waals surface area contributed by atoms with Crippen molar-refractivity contribution in [3.8, 4) is 11.8 Å². The number of aliphatic hydroxyl groups excluding tert-OH is 1. The van der Waals surface area contributed by atoms with Crippen LogP contribution in [-0.2, 0) is 4.74 Å². The third kappa shape index (κ3) is 3.84. The second-order valence-electron chi connectivity index (χ2n) is 5.25. The quantitative estimate of drug-likeness (QED) is 0.840. The lowest BCUT2D eigenvalue weighted by Crippen LogP contribution is -2.40. The molecule has 0 aromatic heterocycles. The maximum atomic E-state index is 12.5. The van der Waals surface area contributed by atoms with Crippen molar-refractivity contribution in [3.63, 3.8) is 0 Å². The maximum absolute atomic E-state index is 12.5. The molecule has 1 heterocycles. The number of amides is 1. The molecule has 112 valence electrons. The van der Waals surface area contributed by atoms with E-state index in [4.69, 9.17) is 9.84 Å². The lowest BCUT2D eigenvalue weighted by molar-refractivity contribution is 0.0362. The van der Waals surface area contributed by atoms with Gasteiger partial charge in [0.2, 0.25) is 0 Å². The van der Waals surface area contributed by atoms with E-state index in [1.54, 1.807) is 6.07 Å². The Morgan fingerprint density at radius 3 is 2.76 bits per heavy atom. The zero-order chi connectivity index (χ0) is 15.2. The van der Waals surface area contributed by atoms with Crippen molar-refractivity contribution < 1.29 is 14.6 Å². The monoisotopic (exact) mass is 287 g/mol. The van der Waals surface area contributed by atoms with Crippen LogP contribution in [0.5, 0.6) is 0 Å². The Labute approximate surface area is 125 Å². The normalized spacial score (nSPS) is 15.2. The van der Waals surface area contributed by atoms with Crippen LogP contribution in [0.4, 0.5) is 0 Å². The van der Waals surface area contributed by atoms with Crippen molar-refractivity contribution in [2.24, 2.45) is 0 Å². The Kier molecular flexibility index (Phi) is 5.38. The van der Waals surface area contributed by atoms with Crippen LogP contribution in [0.15, 0.2) is 18.2 Å². The SMILES string of the molecule is Cc1cc(C(=O)N(C)C2CCOCC2)ccc1C#CCO. The standard InChI is InChI=1S/C17H21NO3/c1-13-12-15(6-5-14(13)4-3-9-19)17(20)18(2)16-7-10-21-11-8-16/h5-6,12,16,19H,7-11H2,1-2H3. The smallest absolute Gasteiger partial charge is 0.253 e. The molecular formula is C17H21NO3. The fourth-order valence-corrected chi connectivity index (χ4v) is 2.51. The predicted octanol–water partition coefficient (Wildman–Crippen LogP) is 1.59. The van der Waals surface area contributed by atoms with Crippen LogP contribution in [0.3, 0.4) is 0 Å². The molecule has 0 atom stereocenters. The fourth-order valence-electron chi connectivity index (χ4n) is 2.51. The zero-order valence-corrected chi connectivity index (χ0v) is 12.6. The van der Waals surface area contributed by atoms with Crippen LogP contribution in [0.1, 0.15) is 34.3 Å². The first-order valence-corrected chi connectivity index (χ1v) is 7.18. The van der Waals surface area contributed by atoms with Crippen molar-refractivity contribution in [1.29, 1.82) is 0 Å². The van der Waals surface area contributed by atoms with Crippen LogP contribution in [0.25, 0.3) is 0 Å². The summed E-state index contributed by atoms with van der Waals surface area (Å²) in [6, 6.07) is 5.75. The van der Waals surface area contributed by atoms with E-state index in [0.717, 1.165) is 37.2 Å². The molecule has 0 spiro atoms. The summed E-state index contributed by atoms with van der Waals surface area (Å²) in [5, 5.41) is 8.73. The first kappa shape index (κ1) is 15.6. The zero-order valence-electron chi connectivity index (χ0n) is 12.6. The number of aryl methyl sites for hydroxylation is 1. The molecule has 4 heteroatoms. The minimum Gasteiger partial charge on any atom is -0.384 e. The average molecular weight is 287 g/mol. The second kappa shape index (κ2) is 7.26. The van der Waals surface area contributed by atoms with Gasteiger partial charge in [-0.05, 0) is 43.5 Å². The molecule has 0 unspecified atom stereocenters. The Bertz CT molecular complexity index is 565. The molecule has 1 aromatic carbocycles. The van der Waals surface area contributed by atoms with Crippen LogP contribution in [0.2, 0.25) is 0 Å². The Hall–Kier alpha value is -1.83.